The van der Waals surface area contributed by atoms with Crippen molar-refractivity contribution in [1.82, 2.24) is 20.0 Å². The molecule has 0 aliphatic carbocycles. The Labute approximate surface area is 102 Å². The summed E-state index contributed by atoms with van der Waals surface area (Å²) in [6, 6.07) is -0.0496. The molecule has 0 radical (unpaired) electrons. The first-order chi connectivity index (χ1) is 8.16. The SMILES string of the molecule is CC1NCCCN(CCc2cnn(C)c2)C1=O. The minimum atomic E-state index is -0.0496. The molecule has 94 valence electrons. The van der Waals surface area contributed by atoms with Crippen LogP contribution in [0.2, 0.25) is 0 Å². The van der Waals surface area contributed by atoms with Crippen LogP contribution in [-0.2, 0) is 18.3 Å². The van der Waals surface area contributed by atoms with Gasteiger partial charge in [0.1, 0.15) is 0 Å². The van der Waals surface area contributed by atoms with Crippen molar-refractivity contribution in [2.75, 3.05) is 19.6 Å². The molecule has 0 spiro atoms. The Morgan fingerprint density at radius 1 is 1.59 bits per heavy atom. The van der Waals surface area contributed by atoms with Gasteiger partial charge in [-0.1, -0.05) is 0 Å². The molecule has 1 aliphatic heterocycles. The van der Waals surface area contributed by atoms with Crippen molar-refractivity contribution in [2.45, 2.75) is 25.8 Å². The largest absolute Gasteiger partial charge is 0.341 e. The summed E-state index contributed by atoms with van der Waals surface area (Å²) < 4.78 is 1.80. The van der Waals surface area contributed by atoms with Crippen LogP contribution in [0.1, 0.15) is 18.9 Å². The molecule has 1 aromatic rings. The smallest absolute Gasteiger partial charge is 0.239 e. The van der Waals surface area contributed by atoms with Gasteiger partial charge >= 0.3 is 0 Å². The normalized spacial score (nSPS) is 21.6. The average molecular weight is 236 g/mol. The lowest BCUT2D eigenvalue weighted by Crippen LogP contribution is -2.42. The maximum Gasteiger partial charge on any atom is 0.239 e. The van der Waals surface area contributed by atoms with Crippen LogP contribution in [0.15, 0.2) is 12.4 Å². The second-order valence-corrected chi connectivity index (χ2v) is 4.63. The van der Waals surface area contributed by atoms with Gasteiger partial charge in [0.05, 0.1) is 12.2 Å². The topological polar surface area (TPSA) is 50.2 Å². The molecule has 1 atom stereocenters. The number of nitrogens with zero attached hydrogens (tertiary/aromatic N) is 3. The van der Waals surface area contributed by atoms with Crippen LogP contribution < -0.4 is 5.32 Å². The van der Waals surface area contributed by atoms with Crippen LogP contribution in [0.5, 0.6) is 0 Å². The lowest BCUT2D eigenvalue weighted by Gasteiger charge is -2.22. The van der Waals surface area contributed by atoms with Gasteiger partial charge in [0.25, 0.3) is 0 Å². The van der Waals surface area contributed by atoms with E-state index in [0.717, 1.165) is 32.5 Å². The molecule has 1 aromatic heterocycles. The Hall–Kier alpha value is -1.36. The van der Waals surface area contributed by atoms with Gasteiger partial charge in [0, 0.05) is 26.3 Å². The van der Waals surface area contributed by atoms with E-state index >= 15 is 0 Å². The Balaban J connectivity index is 1.91. The van der Waals surface area contributed by atoms with Gasteiger partial charge in [-0.25, -0.2) is 0 Å². The highest BCUT2D eigenvalue weighted by Crippen LogP contribution is 2.05. The van der Waals surface area contributed by atoms with E-state index in [1.807, 2.05) is 31.3 Å². The molecule has 1 amide bonds. The number of carbonyl (C=O) groups excluding carboxylic acids is 1. The molecule has 1 aliphatic rings. The molecule has 1 saturated heterocycles. The Morgan fingerprint density at radius 3 is 3.12 bits per heavy atom. The zero-order valence-electron chi connectivity index (χ0n) is 10.5. The zero-order chi connectivity index (χ0) is 12.3. The first-order valence-electron chi connectivity index (χ1n) is 6.16. The molecule has 1 fully saturated rings. The van der Waals surface area contributed by atoms with Crippen molar-refractivity contribution >= 4 is 5.91 Å². The van der Waals surface area contributed by atoms with E-state index in [-0.39, 0.29) is 11.9 Å². The fourth-order valence-electron chi connectivity index (χ4n) is 2.15. The number of aromatic nitrogens is 2. The summed E-state index contributed by atoms with van der Waals surface area (Å²) in [4.78, 5) is 14.0. The third-order valence-corrected chi connectivity index (χ3v) is 3.17. The van der Waals surface area contributed by atoms with Gasteiger partial charge in [0.15, 0.2) is 0 Å². The maximum atomic E-state index is 12.0. The van der Waals surface area contributed by atoms with E-state index in [2.05, 4.69) is 10.4 Å². The molecular formula is C12H20N4O. The number of rotatable bonds is 3. The third-order valence-electron chi connectivity index (χ3n) is 3.17. The van der Waals surface area contributed by atoms with E-state index < -0.39 is 0 Å². The molecule has 17 heavy (non-hydrogen) atoms. The quantitative estimate of drug-likeness (QED) is 0.814. The zero-order valence-corrected chi connectivity index (χ0v) is 10.5. The summed E-state index contributed by atoms with van der Waals surface area (Å²) in [5.41, 5.74) is 1.19. The minimum absolute atomic E-state index is 0.0496. The van der Waals surface area contributed by atoms with E-state index in [1.54, 1.807) is 4.68 Å². The average Bonchev–Trinajstić information content (AvgIpc) is 2.66. The van der Waals surface area contributed by atoms with Gasteiger partial charge in [-0.15, -0.1) is 0 Å². The second-order valence-electron chi connectivity index (χ2n) is 4.63. The van der Waals surface area contributed by atoms with Gasteiger partial charge in [-0.2, -0.15) is 5.10 Å². The number of amides is 1. The van der Waals surface area contributed by atoms with Gasteiger partial charge in [0.2, 0.25) is 5.91 Å². The molecule has 0 aromatic carbocycles. The standard InChI is InChI=1S/C12H20N4O/c1-10-12(17)16(6-3-5-13-10)7-4-11-8-14-15(2)9-11/h8-10,13H,3-7H2,1-2H3. The molecule has 1 unspecified atom stereocenters. The summed E-state index contributed by atoms with van der Waals surface area (Å²) >= 11 is 0. The van der Waals surface area contributed by atoms with Gasteiger partial charge in [-0.05, 0) is 31.9 Å². The van der Waals surface area contributed by atoms with Gasteiger partial charge in [-0.3, -0.25) is 9.48 Å². The van der Waals surface area contributed by atoms with Crippen LogP contribution in [0.3, 0.4) is 0 Å². The lowest BCUT2D eigenvalue weighted by atomic mass is 10.2. The number of hydrogen-bond acceptors (Lipinski definition) is 3. The fourth-order valence-corrected chi connectivity index (χ4v) is 2.15. The molecule has 0 bridgehead atoms. The molecule has 1 N–H and O–H groups in total. The highest BCUT2D eigenvalue weighted by Gasteiger charge is 2.22. The third kappa shape index (κ3) is 3.06. The van der Waals surface area contributed by atoms with E-state index in [1.165, 1.54) is 5.56 Å². The van der Waals surface area contributed by atoms with Crippen molar-refractivity contribution in [3.8, 4) is 0 Å². The monoisotopic (exact) mass is 236 g/mol. The van der Waals surface area contributed by atoms with Crippen LogP contribution in [-0.4, -0.2) is 46.3 Å². The Kier molecular flexibility index (Phi) is 3.78. The fraction of sp³-hybridized carbons (Fsp3) is 0.667. The van der Waals surface area contributed by atoms with Crippen molar-refractivity contribution < 1.29 is 4.79 Å². The van der Waals surface area contributed by atoms with Crippen LogP contribution in [0, 0.1) is 0 Å². The summed E-state index contributed by atoms with van der Waals surface area (Å²) in [5.74, 6) is 0.214. The molecular weight excluding hydrogens is 216 g/mol. The van der Waals surface area contributed by atoms with Crippen LogP contribution in [0.4, 0.5) is 0 Å². The number of carbonyl (C=O) groups is 1. The number of nitrogens with one attached hydrogen (secondary N) is 1. The molecule has 2 heterocycles. The van der Waals surface area contributed by atoms with Crippen molar-refractivity contribution in [1.29, 1.82) is 0 Å². The maximum absolute atomic E-state index is 12.0. The predicted octanol–water partition coefficient (Wildman–Crippen LogP) is 0.173. The first-order valence-corrected chi connectivity index (χ1v) is 6.16. The molecule has 5 heteroatoms. The van der Waals surface area contributed by atoms with Gasteiger partial charge < -0.3 is 10.2 Å². The molecule has 0 saturated carbocycles. The van der Waals surface area contributed by atoms with E-state index in [0.29, 0.717) is 0 Å². The first kappa shape index (κ1) is 12.1. The lowest BCUT2D eigenvalue weighted by molar-refractivity contribution is -0.132. The summed E-state index contributed by atoms with van der Waals surface area (Å²) in [6.45, 7) is 4.51. The van der Waals surface area contributed by atoms with Crippen LogP contribution >= 0.6 is 0 Å². The second kappa shape index (κ2) is 5.31. The van der Waals surface area contributed by atoms with E-state index in [4.69, 9.17) is 0 Å². The number of hydrogen-bond donors (Lipinski definition) is 1. The van der Waals surface area contributed by atoms with Crippen molar-refractivity contribution in [2.24, 2.45) is 7.05 Å². The minimum Gasteiger partial charge on any atom is -0.341 e. The Bertz CT molecular complexity index is 388. The summed E-state index contributed by atoms with van der Waals surface area (Å²) in [5, 5.41) is 7.35. The predicted molar refractivity (Wildman–Crippen MR) is 65.6 cm³/mol. The highest BCUT2D eigenvalue weighted by atomic mass is 16.2. The van der Waals surface area contributed by atoms with Crippen LogP contribution in [0.25, 0.3) is 0 Å². The van der Waals surface area contributed by atoms with Crippen molar-refractivity contribution in [3.63, 3.8) is 0 Å². The molecule has 2 rings (SSSR count). The van der Waals surface area contributed by atoms with E-state index in [9.17, 15) is 4.79 Å². The Morgan fingerprint density at radius 2 is 2.41 bits per heavy atom. The number of aryl methyl sites for hydroxylation is 1. The summed E-state index contributed by atoms with van der Waals surface area (Å²) in [6.07, 6.45) is 5.78. The van der Waals surface area contributed by atoms with Crippen molar-refractivity contribution in [3.05, 3.63) is 18.0 Å². The molecule has 5 nitrogen and oxygen atoms in total. The summed E-state index contributed by atoms with van der Waals surface area (Å²) in [7, 11) is 1.91. The highest BCUT2D eigenvalue weighted by molar-refractivity contribution is 5.81.